The molecule has 0 radical (unpaired) electrons. The van der Waals surface area contributed by atoms with Gasteiger partial charge in [0.05, 0.1) is 6.10 Å². The summed E-state index contributed by atoms with van der Waals surface area (Å²) in [7, 11) is 0. The van der Waals surface area contributed by atoms with Crippen molar-refractivity contribution in [2.75, 3.05) is 13.1 Å². The van der Waals surface area contributed by atoms with E-state index in [0.29, 0.717) is 13.1 Å². The summed E-state index contributed by atoms with van der Waals surface area (Å²) in [5.74, 6) is 0.198. The van der Waals surface area contributed by atoms with Crippen molar-refractivity contribution in [1.82, 2.24) is 4.90 Å². The van der Waals surface area contributed by atoms with Gasteiger partial charge in [-0.05, 0) is 47.3 Å². The van der Waals surface area contributed by atoms with E-state index in [1.54, 1.807) is 12.1 Å². The van der Waals surface area contributed by atoms with Crippen molar-refractivity contribution in [2.45, 2.75) is 46.6 Å². The maximum Gasteiger partial charge on any atom is 0.226 e. The Bertz CT molecular complexity index is 601. The molecule has 1 heterocycles. The number of likely N-dealkylation sites (tertiary alicyclic amines) is 1. The molecule has 3 rings (SSSR count). The number of aliphatic hydroxyl groups excluding tert-OH is 1. The smallest absolute Gasteiger partial charge is 0.226 e. The van der Waals surface area contributed by atoms with Crippen molar-refractivity contribution < 1.29 is 14.3 Å². The molecule has 1 atom stereocenters. The van der Waals surface area contributed by atoms with Crippen LogP contribution in [0.15, 0.2) is 24.3 Å². The third-order valence-electron chi connectivity index (χ3n) is 6.78. The molecule has 1 amide bonds. The van der Waals surface area contributed by atoms with Gasteiger partial charge in [0.25, 0.3) is 0 Å². The van der Waals surface area contributed by atoms with Crippen LogP contribution >= 0.6 is 0 Å². The van der Waals surface area contributed by atoms with Gasteiger partial charge in [-0.3, -0.25) is 4.79 Å². The van der Waals surface area contributed by atoms with Gasteiger partial charge in [-0.2, -0.15) is 0 Å². The maximum absolute atomic E-state index is 13.0. The molecular weight excluding hydrogens is 305 g/mol. The Kier molecular flexibility index (Phi) is 4.23. The average Bonchev–Trinajstić information content (AvgIpc) is 2.96. The zero-order valence-corrected chi connectivity index (χ0v) is 15.1. The summed E-state index contributed by atoms with van der Waals surface area (Å²) in [6.07, 6.45) is 0.993. The zero-order valence-electron chi connectivity index (χ0n) is 15.1. The lowest BCUT2D eigenvalue weighted by atomic mass is 9.87. The standard InChI is InChI=1S/C20H28FNO2/c1-19(2)17(20(19,3)4)18(24)22-11-9-14(10-12-22)16(23)13-5-7-15(21)8-6-13/h5-8,14,16-17,23H,9-12H2,1-4H3. The lowest BCUT2D eigenvalue weighted by Gasteiger charge is -2.35. The van der Waals surface area contributed by atoms with Gasteiger partial charge in [0, 0.05) is 19.0 Å². The lowest BCUT2D eigenvalue weighted by molar-refractivity contribution is -0.135. The molecule has 1 saturated heterocycles. The van der Waals surface area contributed by atoms with E-state index < -0.39 is 6.10 Å². The highest BCUT2D eigenvalue weighted by atomic mass is 19.1. The van der Waals surface area contributed by atoms with Crippen LogP contribution in [-0.4, -0.2) is 29.0 Å². The van der Waals surface area contributed by atoms with Crippen LogP contribution in [0, 0.1) is 28.5 Å². The summed E-state index contributed by atoms with van der Waals surface area (Å²) in [5.41, 5.74) is 0.883. The fourth-order valence-electron chi connectivity index (χ4n) is 4.36. The Labute approximate surface area is 143 Å². The van der Waals surface area contributed by atoms with E-state index in [-0.39, 0.29) is 34.4 Å². The normalized spacial score (nSPS) is 24.7. The number of halogens is 1. The van der Waals surface area contributed by atoms with E-state index in [2.05, 4.69) is 27.7 Å². The minimum absolute atomic E-state index is 0.0640. The summed E-state index contributed by atoms with van der Waals surface area (Å²) >= 11 is 0. The number of amides is 1. The predicted molar refractivity (Wildman–Crippen MR) is 91.7 cm³/mol. The molecule has 2 aliphatic rings. The third kappa shape index (κ3) is 2.75. The largest absolute Gasteiger partial charge is 0.388 e. The molecule has 1 aromatic carbocycles. The molecule has 2 fully saturated rings. The van der Waals surface area contributed by atoms with Gasteiger partial charge >= 0.3 is 0 Å². The van der Waals surface area contributed by atoms with Crippen LogP contribution in [0.4, 0.5) is 4.39 Å². The van der Waals surface area contributed by atoms with Gasteiger partial charge in [0.1, 0.15) is 5.82 Å². The maximum atomic E-state index is 13.0. The number of rotatable bonds is 3. The number of nitrogens with zero attached hydrogens (tertiary/aromatic N) is 1. The SMILES string of the molecule is CC1(C)C(C(=O)N2CCC(C(O)c3ccc(F)cc3)CC2)C1(C)C. The van der Waals surface area contributed by atoms with E-state index in [9.17, 15) is 14.3 Å². The van der Waals surface area contributed by atoms with Crippen molar-refractivity contribution in [3.63, 3.8) is 0 Å². The molecule has 0 spiro atoms. The van der Waals surface area contributed by atoms with Crippen LogP contribution < -0.4 is 0 Å². The molecule has 1 aliphatic carbocycles. The van der Waals surface area contributed by atoms with Gasteiger partial charge in [-0.25, -0.2) is 4.39 Å². The van der Waals surface area contributed by atoms with E-state index in [4.69, 9.17) is 0 Å². The number of benzene rings is 1. The van der Waals surface area contributed by atoms with E-state index in [1.165, 1.54) is 12.1 Å². The highest BCUT2D eigenvalue weighted by Crippen LogP contribution is 2.68. The monoisotopic (exact) mass is 333 g/mol. The lowest BCUT2D eigenvalue weighted by Crippen LogP contribution is -2.41. The van der Waals surface area contributed by atoms with Crippen molar-refractivity contribution in [3.05, 3.63) is 35.6 Å². The number of piperidine rings is 1. The first-order valence-electron chi connectivity index (χ1n) is 8.88. The Hall–Kier alpha value is -1.42. The Balaban J connectivity index is 1.58. The van der Waals surface area contributed by atoms with Gasteiger partial charge in [-0.15, -0.1) is 0 Å². The molecule has 1 aliphatic heterocycles. The summed E-state index contributed by atoms with van der Waals surface area (Å²) in [4.78, 5) is 14.8. The molecule has 1 saturated carbocycles. The zero-order chi connectivity index (χ0) is 17.7. The highest BCUT2D eigenvalue weighted by molar-refractivity contribution is 5.84. The average molecular weight is 333 g/mol. The first-order valence-corrected chi connectivity index (χ1v) is 8.88. The summed E-state index contributed by atoms with van der Waals surface area (Å²) < 4.78 is 13.0. The molecule has 1 aromatic rings. The van der Waals surface area contributed by atoms with Crippen LogP contribution in [0.1, 0.15) is 52.2 Å². The second-order valence-electron chi connectivity index (χ2n) is 8.54. The molecule has 4 heteroatoms. The van der Waals surface area contributed by atoms with Gasteiger partial charge < -0.3 is 10.0 Å². The molecule has 1 unspecified atom stereocenters. The summed E-state index contributed by atoms with van der Waals surface area (Å²) in [6, 6.07) is 6.06. The minimum atomic E-state index is -0.586. The second kappa shape index (κ2) is 5.83. The molecular formula is C20H28FNO2. The third-order valence-corrected chi connectivity index (χ3v) is 6.78. The molecule has 3 nitrogen and oxygen atoms in total. The quantitative estimate of drug-likeness (QED) is 0.914. The van der Waals surface area contributed by atoms with E-state index >= 15 is 0 Å². The van der Waals surface area contributed by atoms with Crippen molar-refractivity contribution in [1.29, 1.82) is 0 Å². The van der Waals surface area contributed by atoms with Crippen LogP contribution in [0.3, 0.4) is 0 Å². The predicted octanol–water partition coefficient (Wildman–Crippen LogP) is 3.78. The summed E-state index contributed by atoms with van der Waals surface area (Å²) in [6.45, 7) is 10.1. The fraction of sp³-hybridized carbons (Fsp3) is 0.650. The van der Waals surface area contributed by atoms with Crippen molar-refractivity contribution >= 4 is 5.91 Å². The fourth-order valence-corrected chi connectivity index (χ4v) is 4.36. The number of hydrogen-bond donors (Lipinski definition) is 1. The number of aliphatic hydroxyl groups is 1. The Morgan fingerprint density at radius 3 is 2.08 bits per heavy atom. The first-order chi connectivity index (χ1) is 11.2. The van der Waals surface area contributed by atoms with E-state index in [1.807, 2.05) is 4.90 Å². The van der Waals surface area contributed by atoms with Gasteiger partial charge in [0.2, 0.25) is 5.91 Å². The van der Waals surface area contributed by atoms with E-state index in [0.717, 1.165) is 18.4 Å². The number of hydrogen-bond acceptors (Lipinski definition) is 2. The Morgan fingerprint density at radius 1 is 1.12 bits per heavy atom. The molecule has 132 valence electrons. The molecule has 0 aromatic heterocycles. The molecule has 1 N–H and O–H groups in total. The van der Waals surface area contributed by atoms with Gasteiger partial charge in [0.15, 0.2) is 0 Å². The van der Waals surface area contributed by atoms with Crippen LogP contribution in [0.5, 0.6) is 0 Å². The Morgan fingerprint density at radius 2 is 1.62 bits per heavy atom. The highest BCUT2D eigenvalue weighted by Gasteiger charge is 2.68. The van der Waals surface area contributed by atoms with Crippen LogP contribution in [0.2, 0.25) is 0 Å². The molecule has 0 bridgehead atoms. The van der Waals surface area contributed by atoms with Crippen LogP contribution in [-0.2, 0) is 4.79 Å². The van der Waals surface area contributed by atoms with Gasteiger partial charge in [-0.1, -0.05) is 39.8 Å². The minimum Gasteiger partial charge on any atom is -0.388 e. The first kappa shape index (κ1) is 17.4. The summed E-state index contributed by atoms with van der Waals surface area (Å²) in [5, 5.41) is 10.5. The van der Waals surface area contributed by atoms with Crippen molar-refractivity contribution in [3.8, 4) is 0 Å². The van der Waals surface area contributed by atoms with Crippen molar-refractivity contribution in [2.24, 2.45) is 22.7 Å². The topological polar surface area (TPSA) is 40.5 Å². The van der Waals surface area contributed by atoms with Crippen LogP contribution in [0.25, 0.3) is 0 Å². The number of carbonyl (C=O) groups is 1. The molecule has 24 heavy (non-hydrogen) atoms. The second-order valence-corrected chi connectivity index (χ2v) is 8.54. The number of carbonyl (C=O) groups excluding carboxylic acids is 1.